The largest absolute Gasteiger partial charge is 0.434 e. The Kier molecular flexibility index (Phi) is 8.27. The van der Waals surface area contributed by atoms with E-state index in [0.717, 1.165) is 0 Å². The third-order valence-corrected chi connectivity index (χ3v) is 6.53. The van der Waals surface area contributed by atoms with Gasteiger partial charge in [-0.3, -0.25) is 0 Å². The SMILES string of the molecule is [B]C1(O)N(C(=O)OC(C(F)(F)F)C(F)(F)F)C(O)(O)C(O)(O)N(Cc2ccc(C(F)(F)F)cc2N2CCCC2)C1(O)O. The fraction of sp³-hybridized carbons (Fsp3) is 0.650. The molecule has 2 fully saturated rings. The fourth-order valence-corrected chi connectivity index (χ4v) is 4.39. The van der Waals surface area contributed by atoms with Crippen LogP contribution in [0.2, 0.25) is 0 Å². The first-order valence-electron chi connectivity index (χ1n) is 11.4. The summed E-state index contributed by atoms with van der Waals surface area (Å²) in [7, 11) is 5.15. The van der Waals surface area contributed by atoms with Crippen molar-refractivity contribution < 1.29 is 84.8 Å². The molecule has 42 heavy (non-hydrogen) atoms. The lowest BCUT2D eigenvalue weighted by Crippen LogP contribution is -2.91. The molecule has 1 amide bonds. The Hall–Kier alpha value is -2.60. The summed E-state index contributed by atoms with van der Waals surface area (Å²) >= 11 is 0. The number of nitrogens with zero attached hydrogens (tertiary/aromatic N) is 3. The van der Waals surface area contributed by atoms with Crippen LogP contribution in [0.1, 0.15) is 24.0 Å². The van der Waals surface area contributed by atoms with Crippen molar-refractivity contribution in [2.45, 2.75) is 67.4 Å². The molecule has 12 nitrogen and oxygen atoms in total. The average molecular weight is 629 g/mol. The molecule has 0 spiro atoms. The maximum absolute atomic E-state index is 13.4. The van der Waals surface area contributed by atoms with E-state index in [-0.39, 0.29) is 18.8 Å². The Labute approximate surface area is 229 Å². The highest BCUT2D eigenvalue weighted by Crippen LogP contribution is 2.47. The second kappa shape index (κ2) is 10.2. The molecule has 3 rings (SSSR count). The average Bonchev–Trinajstić information content (AvgIpc) is 3.32. The van der Waals surface area contributed by atoms with Gasteiger partial charge in [0.25, 0.3) is 12.0 Å². The van der Waals surface area contributed by atoms with E-state index in [1.54, 1.807) is 0 Å². The number of piperazine rings is 1. The molecule has 1 unspecified atom stereocenters. The van der Waals surface area contributed by atoms with Crippen molar-refractivity contribution in [3.63, 3.8) is 0 Å². The van der Waals surface area contributed by atoms with Gasteiger partial charge < -0.3 is 45.4 Å². The molecule has 7 N–H and O–H groups in total. The van der Waals surface area contributed by atoms with Gasteiger partial charge in [0.1, 0.15) is 0 Å². The number of amides is 1. The number of hydrogen-bond donors (Lipinski definition) is 7. The normalized spacial score (nSPS) is 24.8. The number of hydrogen-bond acceptors (Lipinski definition) is 11. The van der Waals surface area contributed by atoms with Crippen LogP contribution in [0.15, 0.2) is 18.2 Å². The molecule has 0 saturated carbocycles. The molecule has 2 aliphatic rings. The maximum Gasteiger partial charge on any atom is 0.434 e. The summed E-state index contributed by atoms with van der Waals surface area (Å²) in [4.78, 5) is 11.3. The molecule has 2 radical (unpaired) electrons. The van der Waals surface area contributed by atoms with Crippen LogP contribution in [0.25, 0.3) is 0 Å². The van der Waals surface area contributed by atoms with Crippen LogP contribution >= 0.6 is 0 Å². The fourth-order valence-electron chi connectivity index (χ4n) is 4.39. The van der Waals surface area contributed by atoms with Crippen molar-refractivity contribution in [1.29, 1.82) is 0 Å². The van der Waals surface area contributed by atoms with Crippen LogP contribution in [-0.2, 0) is 17.5 Å². The number of aliphatic hydroxyl groups is 7. The molecular formula is C20H21BF9N3O9. The molecule has 2 aliphatic heterocycles. The lowest BCUT2D eigenvalue weighted by molar-refractivity contribution is -0.559. The molecule has 22 heteroatoms. The Morgan fingerprint density at radius 1 is 0.857 bits per heavy atom. The van der Waals surface area contributed by atoms with Crippen LogP contribution in [0.5, 0.6) is 0 Å². The highest BCUT2D eigenvalue weighted by molar-refractivity contribution is 6.16. The minimum Gasteiger partial charge on any atom is -0.426 e. The number of rotatable bonds is 4. The zero-order chi connectivity index (χ0) is 32.5. The maximum atomic E-state index is 13.4. The summed E-state index contributed by atoms with van der Waals surface area (Å²) in [6.07, 6.45) is -25.1. The third kappa shape index (κ3) is 5.68. The number of benzene rings is 1. The predicted octanol–water partition coefficient (Wildman–Crippen LogP) is -0.217. The second-order valence-corrected chi connectivity index (χ2v) is 9.44. The van der Waals surface area contributed by atoms with E-state index in [9.17, 15) is 80.1 Å². The molecule has 236 valence electrons. The van der Waals surface area contributed by atoms with E-state index in [1.807, 2.05) is 0 Å². The van der Waals surface area contributed by atoms with Crippen LogP contribution < -0.4 is 4.90 Å². The monoisotopic (exact) mass is 629 g/mol. The zero-order valence-electron chi connectivity index (χ0n) is 20.6. The van der Waals surface area contributed by atoms with Gasteiger partial charge in [0.05, 0.1) is 5.56 Å². The zero-order valence-corrected chi connectivity index (χ0v) is 20.6. The molecule has 2 heterocycles. The molecule has 0 aliphatic carbocycles. The van der Waals surface area contributed by atoms with Gasteiger partial charge in [-0.2, -0.15) is 44.4 Å². The van der Waals surface area contributed by atoms with Crippen molar-refractivity contribution in [3.05, 3.63) is 29.3 Å². The van der Waals surface area contributed by atoms with Crippen molar-refractivity contribution in [1.82, 2.24) is 9.80 Å². The van der Waals surface area contributed by atoms with Gasteiger partial charge in [-0.1, -0.05) is 6.07 Å². The van der Waals surface area contributed by atoms with E-state index >= 15 is 0 Å². The minimum atomic E-state index is -6.42. The van der Waals surface area contributed by atoms with E-state index in [2.05, 4.69) is 4.74 Å². The van der Waals surface area contributed by atoms with Crippen LogP contribution in [0.3, 0.4) is 0 Å². The van der Waals surface area contributed by atoms with Crippen LogP contribution in [0, 0.1) is 0 Å². The number of carbonyl (C=O) groups is 1. The smallest absolute Gasteiger partial charge is 0.426 e. The standard InChI is InChI=1S/C20H21BF9N3O9/c21-17(35)18(36,37)32(8-9-3-4-10(14(22,23)24)7-11(9)31-5-1-2-6-31)19(38,39)20(40,41)33(17)13(34)42-12(15(25,26)27)16(28,29)30/h3-4,7,12,35-41H,1-2,5-6,8H2. The molecule has 1 atom stereocenters. The van der Waals surface area contributed by atoms with E-state index in [1.165, 1.54) is 4.90 Å². The lowest BCUT2D eigenvalue weighted by Gasteiger charge is -2.62. The minimum absolute atomic E-state index is 0.144. The van der Waals surface area contributed by atoms with E-state index < -0.39 is 81.6 Å². The van der Waals surface area contributed by atoms with Gasteiger partial charge in [0.2, 0.25) is 0 Å². The summed E-state index contributed by atoms with van der Waals surface area (Å²) in [5, 5.41) is 73.4. The van der Waals surface area contributed by atoms with E-state index in [4.69, 9.17) is 7.85 Å². The Bertz CT molecular complexity index is 1140. The summed E-state index contributed by atoms with van der Waals surface area (Å²) in [5.41, 5.74) is -6.64. The Morgan fingerprint density at radius 3 is 1.81 bits per heavy atom. The van der Waals surface area contributed by atoms with Gasteiger partial charge in [-0.05, 0) is 30.5 Å². The van der Waals surface area contributed by atoms with Gasteiger partial charge in [0.15, 0.2) is 13.5 Å². The molecular weight excluding hydrogens is 608 g/mol. The van der Waals surface area contributed by atoms with Gasteiger partial charge >= 0.3 is 36.4 Å². The van der Waals surface area contributed by atoms with Crippen molar-refractivity contribution >= 4 is 19.6 Å². The number of halogens is 9. The molecule has 2 saturated heterocycles. The third-order valence-electron chi connectivity index (χ3n) is 6.53. The summed E-state index contributed by atoms with van der Waals surface area (Å²) < 4.78 is 121. The molecule has 0 aromatic heterocycles. The first-order chi connectivity index (χ1) is 18.7. The Balaban J connectivity index is 2.10. The number of anilines is 1. The highest BCUT2D eigenvalue weighted by Gasteiger charge is 2.77. The van der Waals surface area contributed by atoms with Crippen LogP contribution in [-0.4, -0.2) is 114 Å². The summed E-state index contributed by atoms with van der Waals surface area (Å²) in [6.45, 7) is -1.18. The second-order valence-electron chi connectivity index (χ2n) is 9.44. The number of alkyl halides is 9. The highest BCUT2D eigenvalue weighted by atomic mass is 19.4. The first-order valence-corrected chi connectivity index (χ1v) is 11.4. The van der Waals surface area contributed by atoms with Crippen LogP contribution in [0.4, 0.5) is 50.0 Å². The van der Waals surface area contributed by atoms with E-state index in [0.29, 0.717) is 31.0 Å². The quantitative estimate of drug-likeness (QED) is 0.133. The van der Waals surface area contributed by atoms with Gasteiger partial charge in [0, 0.05) is 25.3 Å². The number of ether oxygens (including phenoxy) is 1. The summed E-state index contributed by atoms with van der Waals surface area (Å²) in [6, 6.07) is 1.69. The number of carbonyl (C=O) groups excluding carboxylic acids is 1. The molecule has 1 aromatic rings. The lowest BCUT2D eigenvalue weighted by atomic mass is 9.80. The van der Waals surface area contributed by atoms with Crippen molar-refractivity contribution in [2.24, 2.45) is 0 Å². The van der Waals surface area contributed by atoms with Crippen molar-refractivity contribution in [3.8, 4) is 0 Å². The Morgan fingerprint density at radius 2 is 1.36 bits per heavy atom. The molecule has 0 bridgehead atoms. The van der Waals surface area contributed by atoms with Gasteiger partial charge in [-0.15, -0.1) is 0 Å². The predicted molar refractivity (Wildman–Crippen MR) is 115 cm³/mol. The van der Waals surface area contributed by atoms with Crippen molar-refractivity contribution in [2.75, 3.05) is 18.0 Å². The first kappa shape index (κ1) is 33.9. The van der Waals surface area contributed by atoms with Gasteiger partial charge in [-0.25, -0.2) is 9.69 Å². The molecule has 1 aromatic carbocycles. The topological polar surface area (TPSA) is 178 Å². The summed E-state index contributed by atoms with van der Waals surface area (Å²) in [5.74, 6) is -14.4.